The van der Waals surface area contributed by atoms with Crippen LogP contribution in [0.4, 0.5) is 0 Å². The Hall–Kier alpha value is -4.00. The third-order valence-electron chi connectivity index (χ3n) is 11.6. The minimum Gasteiger partial charge on any atom is -0.490 e. The number of oxime groups is 1. The summed E-state index contributed by atoms with van der Waals surface area (Å²) in [5, 5.41) is 34.1. The van der Waals surface area contributed by atoms with Gasteiger partial charge >= 0.3 is 0 Å². The van der Waals surface area contributed by atoms with E-state index in [1.165, 1.54) is 0 Å². The van der Waals surface area contributed by atoms with E-state index < -0.39 is 17.7 Å². The Morgan fingerprint density at radius 3 is 2.43 bits per heavy atom. The minimum atomic E-state index is -1.34. The van der Waals surface area contributed by atoms with Crippen LogP contribution >= 0.6 is 0 Å². The number of carbonyl (C=O) groups is 1. The highest BCUT2D eigenvalue weighted by Crippen LogP contribution is 2.62. The summed E-state index contributed by atoms with van der Waals surface area (Å²) in [5.41, 5.74) is 3.71. The molecule has 6 rings (SSSR count). The summed E-state index contributed by atoms with van der Waals surface area (Å²) in [6, 6.07) is 15.2. The summed E-state index contributed by atoms with van der Waals surface area (Å²) < 4.78 is 26.2. The van der Waals surface area contributed by atoms with Gasteiger partial charge in [-0.3, -0.25) is 4.79 Å². The van der Waals surface area contributed by atoms with E-state index in [2.05, 4.69) is 25.3 Å². The molecular formula is C45H60N2O9. The number of ether oxygens (including phenoxy) is 4. The van der Waals surface area contributed by atoms with Gasteiger partial charge in [0.1, 0.15) is 30.8 Å². The van der Waals surface area contributed by atoms with Crippen molar-refractivity contribution >= 4 is 11.6 Å². The molecule has 0 bridgehead atoms. The van der Waals surface area contributed by atoms with Crippen molar-refractivity contribution in [2.45, 2.75) is 82.1 Å². The van der Waals surface area contributed by atoms with E-state index in [1.807, 2.05) is 47.4 Å². The number of carbonyl (C=O) groups excluding carboxylic acids is 1. The average molecular weight is 773 g/mol. The van der Waals surface area contributed by atoms with Gasteiger partial charge in [0, 0.05) is 43.6 Å². The maximum atomic E-state index is 14.5. The molecule has 0 spiro atoms. The van der Waals surface area contributed by atoms with Gasteiger partial charge in [-0.25, -0.2) is 0 Å². The topological polar surface area (TPSA) is 140 Å². The molecule has 4 aliphatic rings. The van der Waals surface area contributed by atoms with Gasteiger partial charge in [0.25, 0.3) is 0 Å². The third-order valence-corrected chi connectivity index (χ3v) is 11.6. The van der Waals surface area contributed by atoms with Gasteiger partial charge in [-0.05, 0) is 79.7 Å². The smallest absolute Gasteiger partial charge is 0.239 e. The second kappa shape index (κ2) is 20.4. The summed E-state index contributed by atoms with van der Waals surface area (Å²) >= 11 is 0. The normalized spacial score (nSPS) is 25.7. The number of allylic oxidation sites excluding steroid dienone is 1. The van der Waals surface area contributed by atoms with Crippen molar-refractivity contribution < 1.29 is 43.9 Å². The summed E-state index contributed by atoms with van der Waals surface area (Å²) in [7, 11) is 0. The number of aliphatic hydroxyl groups excluding tert-OH is 3. The number of fused-ring (bicyclic) bond motifs is 2. The maximum absolute atomic E-state index is 14.5. The zero-order chi connectivity index (χ0) is 39.3. The van der Waals surface area contributed by atoms with E-state index >= 15 is 0 Å². The van der Waals surface area contributed by atoms with Gasteiger partial charge in [-0.1, -0.05) is 73.1 Å². The predicted molar refractivity (Wildman–Crippen MR) is 214 cm³/mol. The number of nitrogens with zero attached hydrogens (tertiary/aromatic N) is 2. The SMILES string of the molecule is C=CCOc1ccc2c(c1)[C@H]1[C@H](CCCCO)[C@@H](CCCCO)C=C3C(=NOCc4ccccc4)C[C@H](N(CCOCCO)C(=O)C4CC4)[C@@](OCC=C)(O2)[C@H]31. The van der Waals surface area contributed by atoms with E-state index in [1.54, 1.807) is 12.2 Å². The lowest BCUT2D eigenvalue weighted by Gasteiger charge is -2.60. The molecule has 2 saturated carbocycles. The molecule has 6 atom stereocenters. The number of aliphatic hydroxyl groups is 3. The van der Waals surface area contributed by atoms with E-state index in [0.29, 0.717) is 37.4 Å². The van der Waals surface area contributed by atoms with Crippen LogP contribution in [0.25, 0.3) is 0 Å². The molecule has 0 radical (unpaired) electrons. The van der Waals surface area contributed by atoms with Crippen LogP contribution in [0.3, 0.4) is 0 Å². The van der Waals surface area contributed by atoms with Gasteiger partial charge in [0.15, 0.2) is 0 Å². The van der Waals surface area contributed by atoms with Gasteiger partial charge in [0.2, 0.25) is 11.7 Å². The molecule has 3 N–H and O–H groups in total. The molecule has 0 saturated heterocycles. The lowest BCUT2D eigenvalue weighted by Crippen LogP contribution is -2.70. The maximum Gasteiger partial charge on any atom is 0.239 e. The van der Waals surface area contributed by atoms with E-state index in [0.717, 1.165) is 60.9 Å². The third kappa shape index (κ3) is 9.57. The number of amides is 1. The first-order valence-corrected chi connectivity index (χ1v) is 20.5. The van der Waals surface area contributed by atoms with Crippen molar-refractivity contribution in [3.05, 3.63) is 96.6 Å². The van der Waals surface area contributed by atoms with Crippen molar-refractivity contribution in [3.63, 3.8) is 0 Å². The van der Waals surface area contributed by atoms with Crippen molar-refractivity contribution in [1.82, 2.24) is 4.90 Å². The van der Waals surface area contributed by atoms with Crippen molar-refractivity contribution in [2.75, 3.05) is 52.8 Å². The summed E-state index contributed by atoms with van der Waals surface area (Å²) in [6.45, 7) is 9.47. The van der Waals surface area contributed by atoms with Crippen LogP contribution in [0.15, 0.2) is 90.6 Å². The van der Waals surface area contributed by atoms with E-state index in [9.17, 15) is 20.1 Å². The van der Waals surface area contributed by atoms with Gasteiger partial charge < -0.3 is 44.0 Å². The molecule has 0 unspecified atom stereocenters. The Kier molecular flexibility index (Phi) is 15.2. The van der Waals surface area contributed by atoms with Crippen LogP contribution in [0.1, 0.15) is 74.8 Å². The number of benzene rings is 2. The van der Waals surface area contributed by atoms with Crippen molar-refractivity contribution in [3.8, 4) is 11.5 Å². The largest absolute Gasteiger partial charge is 0.490 e. The van der Waals surface area contributed by atoms with Gasteiger partial charge in [-0.15, -0.1) is 6.58 Å². The van der Waals surface area contributed by atoms with Crippen LogP contribution in [-0.2, 0) is 25.7 Å². The summed E-state index contributed by atoms with van der Waals surface area (Å²) in [4.78, 5) is 22.5. The monoisotopic (exact) mass is 772 g/mol. The fourth-order valence-corrected chi connectivity index (χ4v) is 8.97. The highest BCUT2D eigenvalue weighted by atomic mass is 16.7. The van der Waals surface area contributed by atoms with Crippen LogP contribution in [0.5, 0.6) is 11.5 Å². The predicted octanol–water partition coefficient (Wildman–Crippen LogP) is 6.33. The second-order valence-electron chi connectivity index (χ2n) is 15.3. The highest BCUT2D eigenvalue weighted by Gasteiger charge is 2.65. The lowest BCUT2D eigenvalue weighted by molar-refractivity contribution is -0.258. The minimum absolute atomic E-state index is 0.0254. The van der Waals surface area contributed by atoms with Crippen LogP contribution in [-0.4, -0.2) is 96.5 Å². The fourth-order valence-electron chi connectivity index (χ4n) is 8.97. The molecule has 1 aliphatic heterocycles. The quantitative estimate of drug-likeness (QED) is 0.0635. The molecule has 1 amide bonds. The molecule has 0 aromatic heterocycles. The van der Waals surface area contributed by atoms with Crippen LogP contribution in [0, 0.1) is 23.7 Å². The van der Waals surface area contributed by atoms with E-state index in [-0.39, 0.29) is 82.4 Å². The molecule has 11 heteroatoms. The zero-order valence-electron chi connectivity index (χ0n) is 32.6. The number of unbranched alkanes of at least 4 members (excludes halogenated alkanes) is 2. The Bertz CT molecular complexity index is 1660. The Morgan fingerprint density at radius 1 is 0.946 bits per heavy atom. The molecule has 2 aromatic carbocycles. The van der Waals surface area contributed by atoms with Crippen LogP contribution < -0.4 is 9.47 Å². The molecule has 2 fully saturated rings. The average Bonchev–Trinajstić information content (AvgIpc) is 4.07. The highest BCUT2D eigenvalue weighted by molar-refractivity contribution is 6.03. The summed E-state index contributed by atoms with van der Waals surface area (Å²) in [6.07, 6.45) is 12.5. The fraction of sp³-hybridized carbons (Fsp3) is 0.556. The Balaban J connectivity index is 1.56. The standard InChI is InChI=1S/C45H60N2O9/c1-3-24-53-35-18-19-40-38(29-35)42-36(15-9-11-22-49)34(14-8-10-21-48)28-37-39(46-55-31-32-12-6-5-7-13-32)30-41(45(56-40,43(37)42)54-25-4-2)47(20-26-52-27-23-50)44(51)33-16-17-33/h3-7,12-13,18-19,28-29,33-34,36,41-43,48-50H,1-2,8-11,14-17,20-27,30-31H2/t34-,36+,41-,42+,43+,45+/m0/s1. The number of hydrogen-bond donors (Lipinski definition) is 3. The second-order valence-corrected chi connectivity index (χ2v) is 15.3. The van der Waals surface area contributed by atoms with Crippen LogP contribution in [0.2, 0.25) is 0 Å². The molecule has 11 nitrogen and oxygen atoms in total. The molecule has 3 aliphatic carbocycles. The molecule has 2 aromatic rings. The first-order valence-electron chi connectivity index (χ1n) is 20.5. The number of rotatable bonds is 24. The van der Waals surface area contributed by atoms with Crippen molar-refractivity contribution in [2.24, 2.45) is 28.8 Å². The number of hydrogen-bond acceptors (Lipinski definition) is 10. The lowest BCUT2D eigenvalue weighted by atomic mass is 9.55. The van der Waals surface area contributed by atoms with Crippen molar-refractivity contribution in [1.29, 1.82) is 0 Å². The first kappa shape index (κ1) is 41.6. The van der Waals surface area contributed by atoms with E-state index in [4.69, 9.17) is 28.9 Å². The molecule has 1 heterocycles. The molecule has 304 valence electrons. The molecule has 56 heavy (non-hydrogen) atoms. The molecular weight excluding hydrogens is 713 g/mol. The van der Waals surface area contributed by atoms with Gasteiger partial charge in [0.05, 0.1) is 38.1 Å². The zero-order valence-corrected chi connectivity index (χ0v) is 32.6. The van der Waals surface area contributed by atoms with Gasteiger partial charge in [-0.2, -0.15) is 0 Å². The first-order chi connectivity index (χ1) is 27.5. The Labute approximate surface area is 331 Å². The Morgan fingerprint density at radius 2 is 1.71 bits per heavy atom. The summed E-state index contributed by atoms with van der Waals surface area (Å²) in [5.74, 6) is -0.390.